The molecule has 0 radical (unpaired) electrons. The Morgan fingerprint density at radius 2 is 2.07 bits per heavy atom. The van der Waals surface area contributed by atoms with E-state index in [4.69, 9.17) is 0 Å². The minimum atomic E-state index is -3.09. The highest BCUT2D eigenvalue weighted by Crippen LogP contribution is 2.04. The highest BCUT2D eigenvalue weighted by Gasteiger charge is 2.20. The Hall–Kier alpha value is -1.65. The number of pyridine rings is 1. The molecule has 1 rings (SSSR count). The SMILES string of the molecule is O=C(CC(=O)C(F)F)c1ccccn1. The van der Waals surface area contributed by atoms with Crippen molar-refractivity contribution < 1.29 is 18.4 Å². The zero-order valence-electron chi connectivity index (χ0n) is 7.11. The number of carbonyl (C=O) groups is 2. The number of Topliss-reactive ketones (excluding diaryl/α,β-unsaturated/α-hetero) is 2. The van der Waals surface area contributed by atoms with E-state index in [0.29, 0.717) is 0 Å². The van der Waals surface area contributed by atoms with E-state index in [1.54, 1.807) is 12.1 Å². The number of aromatic nitrogens is 1. The number of ketones is 2. The first-order valence-electron chi connectivity index (χ1n) is 3.86. The van der Waals surface area contributed by atoms with Crippen LogP contribution in [-0.2, 0) is 4.79 Å². The monoisotopic (exact) mass is 199 g/mol. The van der Waals surface area contributed by atoms with Crippen LogP contribution >= 0.6 is 0 Å². The normalized spacial score (nSPS) is 10.2. The summed E-state index contributed by atoms with van der Waals surface area (Å²) in [5.41, 5.74) is 0.0292. The van der Waals surface area contributed by atoms with Crippen molar-refractivity contribution in [1.29, 1.82) is 0 Å². The maximum absolute atomic E-state index is 11.8. The molecular weight excluding hydrogens is 192 g/mol. The molecule has 0 aliphatic heterocycles. The number of carbonyl (C=O) groups excluding carboxylic acids is 2. The Balaban J connectivity index is 2.65. The standard InChI is InChI=1S/C9H7F2NO2/c10-9(11)8(14)5-7(13)6-3-1-2-4-12-6/h1-4,9H,5H2. The van der Waals surface area contributed by atoms with Crippen molar-refractivity contribution in [1.82, 2.24) is 4.98 Å². The van der Waals surface area contributed by atoms with Gasteiger partial charge in [0.15, 0.2) is 5.78 Å². The summed E-state index contributed by atoms with van der Waals surface area (Å²) >= 11 is 0. The number of alkyl halides is 2. The molecule has 0 aromatic carbocycles. The first-order valence-corrected chi connectivity index (χ1v) is 3.86. The molecule has 1 heterocycles. The fraction of sp³-hybridized carbons (Fsp3) is 0.222. The van der Waals surface area contributed by atoms with Crippen molar-refractivity contribution in [2.45, 2.75) is 12.8 Å². The van der Waals surface area contributed by atoms with Gasteiger partial charge in [-0.3, -0.25) is 14.6 Å². The van der Waals surface area contributed by atoms with E-state index < -0.39 is 24.4 Å². The van der Waals surface area contributed by atoms with Gasteiger partial charge in [0.05, 0.1) is 6.42 Å². The molecule has 0 aliphatic carbocycles. The largest absolute Gasteiger partial charge is 0.296 e. The van der Waals surface area contributed by atoms with Crippen LogP contribution in [0.1, 0.15) is 16.9 Å². The van der Waals surface area contributed by atoms with Crippen LogP contribution in [0.25, 0.3) is 0 Å². The molecule has 0 bridgehead atoms. The molecule has 74 valence electrons. The molecule has 0 spiro atoms. The molecule has 14 heavy (non-hydrogen) atoms. The highest BCUT2D eigenvalue weighted by molar-refractivity contribution is 6.07. The Morgan fingerprint density at radius 3 is 2.57 bits per heavy atom. The van der Waals surface area contributed by atoms with E-state index >= 15 is 0 Å². The van der Waals surface area contributed by atoms with Gasteiger partial charge in [0, 0.05) is 6.20 Å². The van der Waals surface area contributed by atoms with Crippen LogP contribution in [0.3, 0.4) is 0 Å². The van der Waals surface area contributed by atoms with Crippen LogP contribution in [0, 0.1) is 0 Å². The lowest BCUT2D eigenvalue weighted by atomic mass is 10.1. The molecule has 0 fully saturated rings. The van der Waals surface area contributed by atoms with Gasteiger partial charge in [-0.1, -0.05) is 6.07 Å². The molecule has 0 unspecified atom stereocenters. The molecule has 0 saturated carbocycles. The maximum atomic E-state index is 11.8. The first kappa shape index (κ1) is 10.4. The maximum Gasteiger partial charge on any atom is 0.296 e. The lowest BCUT2D eigenvalue weighted by molar-refractivity contribution is -0.128. The minimum Gasteiger partial charge on any atom is -0.293 e. The molecule has 0 atom stereocenters. The second-order valence-electron chi connectivity index (χ2n) is 2.58. The summed E-state index contributed by atoms with van der Waals surface area (Å²) < 4.78 is 23.6. The molecule has 1 aromatic rings. The van der Waals surface area contributed by atoms with Crippen LogP contribution in [-0.4, -0.2) is 23.0 Å². The summed E-state index contributed by atoms with van der Waals surface area (Å²) in [7, 11) is 0. The zero-order valence-corrected chi connectivity index (χ0v) is 7.11. The summed E-state index contributed by atoms with van der Waals surface area (Å²) in [6, 6.07) is 4.51. The number of hydrogen-bond acceptors (Lipinski definition) is 3. The van der Waals surface area contributed by atoms with E-state index in [-0.39, 0.29) is 5.69 Å². The summed E-state index contributed by atoms with van der Waals surface area (Å²) in [4.78, 5) is 25.3. The van der Waals surface area contributed by atoms with Gasteiger partial charge < -0.3 is 0 Å². The zero-order chi connectivity index (χ0) is 10.6. The van der Waals surface area contributed by atoms with Gasteiger partial charge in [-0.2, -0.15) is 0 Å². The van der Waals surface area contributed by atoms with Crippen LogP contribution in [0.15, 0.2) is 24.4 Å². The van der Waals surface area contributed by atoms with Crippen molar-refractivity contribution in [3.05, 3.63) is 30.1 Å². The molecule has 0 N–H and O–H groups in total. The molecule has 0 saturated heterocycles. The van der Waals surface area contributed by atoms with Crippen molar-refractivity contribution in [3.8, 4) is 0 Å². The predicted octanol–water partition coefficient (Wildman–Crippen LogP) is 1.49. The van der Waals surface area contributed by atoms with Crippen molar-refractivity contribution in [3.63, 3.8) is 0 Å². The van der Waals surface area contributed by atoms with Gasteiger partial charge in [-0.15, -0.1) is 0 Å². The predicted molar refractivity (Wildman–Crippen MR) is 44.2 cm³/mol. The summed E-state index contributed by atoms with van der Waals surface area (Å²) in [5, 5.41) is 0. The Bertz CT molecular complexity index is 338. The Kier molecular flexibility index (Phi) is 3.39. The highest BCUT2D eigenvalue weighted by atomic mass is 19.3. The third-order valence-electron chi connectivity index (χ3n) is 1.53. The fourth-order valence-electron chi connectivity index (χ4n) is 0.854. The summed E-state index contributed by atoms with van der Waals surface area (Å²) in [6.45, 7) is 0. The van der Waals surface area contributed by atoms with Crippen LogP contribution in [0.2, 0.25) is 0 Å². The van der Waals surface area contributed by atoms with Gasteiger partial charge in [0.1, 0.15) is 5.69 Å². The topological polar surface area (TPSA) is 47.0 Å². The van der Waals surface area contributed by atoms with Gasteiger partial charge in [-0.25, -0.2) is 8.78 Å². The van der Waals surface area contributed by atoms with E-state index in [1.165, 1.54) is 12.3 Å². The smallest absolute Gasteiger partial charge is 0.293 e. The van der Waals surface area contributed by atoms with Crippen molar-refractivity contribution in [2.24, 2.45) is 0 Å². The fourth-order valence-corrected chi connectivity index (χ4v) is 0.854. The van der Waals surface area contributed by atoms with Crippen LogP contribution < -0.4 is 0 Å². The van der Waals surface area contributed by atoms with E-state index in [1.807, 2.05) is 0 Å². The lowest BCUT2D eigenvalue weighted by Gasteiger charge is -1.98. The van der Waals surface area contributed by atoms with Crippen molar-refractivity contribution in [2.75, 3.05) is 0 Å². The average molecular weight is 199 g/mol. The van der Waals surface area contributed by atoms with Gasteiger partial charge >= 0.3 is 0 Å². The Morgan fingerprint density at radius 1 is 1.36 bits per heavy atom. The van der Waals surface area contributed by atoms with Gasteiger partial charge in [0.25, 0.3) is 6.43 Å². The number of halogens is 2. The van der Waals surface area contributed by atoms with Crippen molar-refractivity contribution >= 4 is 11.6 Å². The van der Waals surface area contributed by atoms with Gasteiger partial charge in [-0.05, 0) is 12.1 Å². The number of rotatable bonds is 4. The van der Waals surface area contributed by atoms with E-state index in [9.17, 15) is 18.4 Å². The van der Waals surface area contributed by atoms with E-state index in [0.717, 1.165) is 0 Å². The second-order valence-corrected chi connectivity index (χ2v) is 2.58. The third-order valence-corrected chi connectivity index (χ3v) is 1.53. The molecule has 0 amide bonds. The molecular formula is C9H7F2NO2. The molecule has 0 aliphatic rings. The van der Waals surface area contributed by atoms with Gasteiger partial charge in [0.2, 0.25) is 5.78 Å². The Labute approximate surface area is 78.8 Å². The minimum absolute atomic E-state index is 0.0292. The number of nitrogens with zero attached hydrogens (tertiary/aromatic N) is 1. The number of hydrogen-bond donors (Lipinski definition) is 0. The molecule has 1 aromatic heterocycles. The van der Waals surface area contributed by atoms with E-state index in [2.05, 4.69) is 4.98 Å². The lowest BCUT2D eigenvalue weighted by Crippen LogP contribution is -2.16. The molecule has 5 heteroatoms. The quantitative estimate of drug-likeness (QED) is 0.545. The van der Waals surface area contributed by atoms with Crippen LogP contribution in [0.4, 0.5) is 8.78 Å². The average Bonchev–Trinajstić information content (AvgIpc) is 2.19. The second kappa shape index (κ2) is 4.55. The van der Waals surface area contributed by atoms with Crippen LogP contribution in [0.5, 0.6) is 0 Å². The first-order chi connectivity index (χ1) is 6.61. The third kappa shape index (κ3) is 2.69. The summed E-state index contributed by atoms with van der Waals surface area (Å²) in [6.07, 6.45) is -2.53. The molecule has 3 nitrogen and oxygen atoms in total. The summed E-state index contributed by atoms with van der Waals surface area (Å²) in [5.74, 6) is -2.06.